The van der Waals surface area contributed by atoms with Crippen LogP contribution in [0.15, 0.2) is 0 Å². The Hall–Kier alpha value is 0.0474. The van der Waals surface area contributed by atoms with Crippen LogP contribution < -0.4 is 24.2 Å². The van der Waals surface area contributed by atoms with E-state index in [0.29, 0.717) is 12.1 Å². The number of hydrogen-bond acceptors (Lipinski definition) is 2. The van der Waals surface area contributed by atoms with Gasteiger partial charge in [-0.1, -0.05) is 27.7 Å². The first-order valence-electron chi connectivity index (χ1n) is 3.61. The maximum atomic E-state index is 7.32. The zero-order valence-corrected chi connectivity index (χ0v) is 8.60. The van der Waals surface area contributed by atoms with Gasteiger partial charge in [-0.25, -0.2) is 0 Å². The van der Waals surface area contributed by atoms with Crippen molar-refractivity contribution in [3.8, 4) is 6.07 Å². The van der Waals surface area contributed by atoms with Gasteiger partial charge in [-0.05, 0) is 0 Å². The molecule has 0 bridgehead atoms. The smallest absolute Gasteiger partial charge is 1.00 e. The van der Waals surface area contributed by atoms with Gasteiger partial charge in [0.25, 0.3) is 0 Å². The minimum atomic E-state index is 0. The summed E-state index contributed by atoms with van der Waals surface area (Å²) >= 11 is 0. The molecule has 0 saturated heterocycles. The first kappa shape index (κ1) is 17.2. The predicted molar refractivity (Wildman–Crippen MR) is 45.8 cm³/mol. The van der Waals surface area contributed by atoms with E-state index < -0.39 is 0 Å². The van der Waals surface area contributed by atoms with Crippen LogP contribution in [-0.2, 0) is 0 Å². The quantitative estimate of drug-likeness (QED) is 0.515. The molecule has 0 heterocycles. The second-order valence-electron chi connectivity index (χ2n) is 2.70. The molecule has 0 rings (SSSR count). The monoisotopic (exact) mass is 150 g/mol. The van der Waals surface area contributed by atoms with Gasteiger partial charge in [0.05, 0.1) is 6.07 Å². The third-order valence-corrected chi connectivity index (χ3v) is 0.667. The molecule has 0 aliphatic carbocycles. The summed E-state index contributed by atoms with van der Waals surface area (Å²) < 4.78 is 0. The van der Waals surface area contributed by atoms with E-state index in [1.165, 1.54) is 6.92 Å². The number of nitrogens with zero attached hydrogens (tertiary/aromatic N) is 1. The van der Waals surface area contributed by atoms with E-state index in [1.54, 1.807) is 6.07 Å². The average molecular weight is 150 g/mol. The molecule has 1 N–H and O–H groups in total. The van der Waals surface area contributed by atoms with Crippen LogP contribution in [0.4, 0.5) is 0 Å². The molecule has 0 aliphatic rings. The zero-order valence-electron chi connectivity index (χ0n) is 9.60. The van der Waals surface area contributed by atoms with Gasteiger partial charge in [0, 0.05) is 19.0 Å². The molecule has 0 atom stereocenters. The Morgan fingerprint density at radius 2 is 1.36 bits per heavy atom. The summed E-state index contributed by atoms with van der Waals surface area (Å²) in [6, 6.07) is 3.00. The van der Waals surface area contributed by atoms with Crippen molar-refractivity contribution in [1.82, 2.24) is 5.32 Å². The summed E-state index contributed by atoms with van der Waals surface area (Å²) in [4.78, 5) is 0. The topological polar surface area (TPSA) is 35.8 Å². The Bertz CT molecular complexity index is 93.7. The van der Waals surface area contributed by atoms with Crippen LogP contribution in [0.25, 0.3) is 0 Å². The fraction of sp³-hybridized carbons (Fsp3) is 0.875. The maximum Gasteiger partial charge on any atom is 1.00 e. The molecule has 3 heteroatoms. The number of nitrogens with one attached hydrogen (secondary N) is 1. The average Bonchev–Trinajstić information content (AvgIpc) is 1.62. The minimum absolute atomic E-state index is 0. The SMILES string of the molecule is CC#N.CC(C)NC(C)C.[H-].[Li+]. The Morgan fingerprint density at radius 3 is 1.36 bits per heavy atom. The van der Waals surface area contributed by atoms with Crippen molar-refractivity contribution in [2.24, 2.45) is 0 Å². The van der Waals surface area contributed by atoms with E-state index in [9.17, 15) is 0 Å². The van der Waals surface area contributed by atoms with E-state index >= 15 is 0 Å². The van der Waals surface area contributed by atoms with Crippen LogP contribution in [-0.4, -0.2) is 12.1 Å². The van der Waals surface area contributed by atoms with Crippen molar-refractivity contribution in [2.75, 3.05) is 0 Å². The summed E-state index contributed by atoms with van der Waals surface area (Å²) in [5.41, 5.74) is 0. The molecular weight excluding hydrogens is 131 g/mol. The normalized spacial score (nSPS) is 7.82. The molecule has 0 aromatic rings. The summed E-state index contributed by atoms with van der Waals surface area (Å²) in [5.74, 6) is 0. The second-order valence-corrected chi connectivity index (χ2v) is 2.70. The van der Waals surface area contributed by atoms with Crippen LogP contribution in [0.3, 0.4) is 0 Å². The largest absolute Gasteiger partial charge is 1.00 e. The fourth-order valence-corrected chi connectivity index (χ4v) is 0.667. The zero-order chi connectivity index (χ0) is 8.57. The van der Waals surface area contributed by atoms with Gasteiger partial charge < -0.3 is 6.74 Å². The van der Waals surface area contributed by atoms with E-state index in [1.807, 2.05) is 0 Å². The summed E-state index contributed by atoms with van der Waals surface area (Å²) in [5, 5.41) is 10.6. The van der Waals surface area contributed by atoms with Gasteiger partial charge in [-0.3, -0.25) is 0 Å². The van der Waals surface area contributed by atoms with Crippen molar-refractivity contribution in [3.63, 3.8) is 0 Å². The molecule has 0 spiro atoms. The van der Waals surface area contributed by atoms with Crippen LogP contribution >= 0.6 is 0 Å². The summed E-state index contributed by atoms with van der Waals surface area (Å²) in [6.07, 6.45) is 0. The van der Waals surface area contributed by atoms with Crippen molar-refractivity contribution < 1.29 is 20.3 Å². The minimum Gasteiger partial charge on any atom is -1.00 e. The molecule has 0 amide bonds. The second kappa shape index (κ2) is 12.7. The molecule has 0 aromatic heterocycles. The Morgan fingerprint density at radius 1 is 1.18 bits per heavy atom. The Balaban J connectivity index is -0.0000000569. The van der Waals surface area contributed by atoms with E-state index in [-0.39, 0.29) is 20.3 Å². The Kier molecular flexibility index (Phi) is 19.9. The number of nitriles is 1. The first-order valence-corrected chi connectivity index (χ1v) is 3.61. The van der Waals surface area contributed by atoms with Gasteiger partial charge in [0.15, 0.2) is 0 Å². The fourth-order valence-electron chi connectivity index (χ4n) is 0.667. The number of hydrogen-bond donors (Lipinski definition) is 1. The van der Waals surface area contributed by atoms with Crippen LogP contribution in [0.5, 0.6) is 0 Å². The molecule has 0 aliphatic heterocycles. The predicted octanol–water partition coefficient (Wildman–Crippen LogP) is -0.961. The third kappa shape index (κ3) is 39.7. The summed E-state index contributed by atoms with van der Waals surface area (Å²) in [7, 11) is 0. The van der Waals surface area contributed by atoms with Crippen LogP contribution in [0.2, 0.25) is 0 Å². The van der Waals surface area contributed by atoms with Gasteiger partial charge >= 0.3 is 18.9 Å². The molecule has 62 valence electrons. The van der Waals surface area contributed by atoms with E-state index in [2.05, 4.69) is 33.0 Å². The number of rotatable bonds is 2. The van der Waals surface area contributed by atoms with E-state index in [0.717, 1.165) is 0 Å². The standard InChI is InChI=1S/C6H15N.C2H3N.Li.H/c1-5(2)7-6(3)4;1-2-3;;/h5-7H,1-4H3;1H3;;/q;;+1;-1. The molecule has 0 fully saturated rings. The summed E-state index contributed by atoms with van der Waals surface area (Å²) in [6.45, 7) is 10.0. The van der Waals surface area contributed by atoms with Crippen molar-refractivity contribution in [3.05, 3.63) is 0 Å². The van der Waals surface area contributed by atoms with Gasteiger partial charge in [0.1, 0.15) is 0 Å². The first-order chi connectivity index (χ1) is 4.54. The third-order valence-electron chi connectivity index (χ3n) is 0.667. The van der Waals surface area contributed by atoms with Crippen molar-refractivity contribution in [2.45, 2.75) is 46.7 Å². The van der Waals surface area contributed by atoms with Crippen molar-refractivity contribution in [1.29, 1.82) is 5.26 Å². The molecule has 0 radical (unpaired) electrons. The molecular formula is C8H19LiN2. The molecule has 11 heavy (non-hydrogen) atoms. The molecule has 0 aromatic carbocycles. The van der Waals surface area contributed by atoms with Crippen molar-refractivity contribution >= 4 is 0 Å². The van der Waals surface area contributed by atoms with E-state index in [4.69, 9.17) is 5.26 Å². The van der Waals surface area contributed by atoms with Crippen LogP contribution in [0, 0.1) is 11.3 Å². The van der Waals surface area contributed by atoms with Gasteiger partial charge in [-0.2, -0.15) is 5.26 Å². The maximum absolute atomic E-state index is 7.32. The van der Waals surface area contributed by atoms with Gasteiger partial charge in [-0.15, -0.1) is 0 Å². The van der Waals surface area contributed by atoms with Crippen LogP contribution in [0.1, 0.15) is 36.0 Å². The molecule has 0 saturated carbocycles. The molecule has 2 nitrogen and oxygen atoms in total. The van der Waals surface area contributed by atoms with Gasteiger partial charge in [0.2, 0.25) is 0 Å². The molecule has 0 unspecified atom stereocenters. The Labute approximate surface area is 84.0 Å².